The zero-order valence-corrected chi connectivity index (χ0v) is 16.9. The van der Waals surface area contributed by atoms with Gasteiger partial charge in [-0.2, -0.15) is 0 Å². The first kappa shape index (κ1) is 20.9. The highest BCUT2D eigenvalue weighted by molar-refractivity contribution is 5.94. The topological polar surface area (TPSA) is 76.7 Å². The van der Waals surface area contributed by atoms with Crippen molar-refractivity contribution in [2.24, 2.45) is 0 Å². The Bertz CT molecular complexity index is 988. The van der Waals surface area contributed by atoms with Crippen LogP contribution in [-0.2, 0) is 9.59 Å². The SMILES string of the molecule is Cc1ccc(OC(C)C(=O)Nc2cccc(OCC(=O)Nc3ccccc3)c2)cc1. The lowest BCUT2D eigenvalue weighted by atomic mass is 10.2. The fourth-order valence-corrected chi connectivity index (χ4v) is 2.65. The monoisotopic (exact) mass is 404 g/mol. The van der Waals surface area contributed by atoms with Gasteiger partial charge in [0.2, 0.25) is 0 Å². The smallest absolute Gasteiger partial charge is 0.265 e. The van der Waals surface area contributed by atoms with Gasteiger partial charge in [0.25, 0.3) is 11.8 Å². The fraction of sp³-hybridized carbons (Fsp3) is 0.167. The van der Waals surface area contributed by atoms with Crippen molar-refractivity contribution >= 4 is 23.2 Å². The summed E-state index contributed by atoms with van der Waals surface area (Å²) in [5, 5.41) is 5.55. The molecule has 0 bridgehead atoms. The summed E-state index contributed by atoms with van der Waals surface area (Å²) >= 11 is 0. The molecular formula is C24H24N2O4. The Morgan fingerprint density at radius 3 is 2.27 bits per heavy atom. The summed E-state index contributed by atoms with van der Waals surface area (Å²) in [4.78, 5) is 24.4. The number of amides is 2. The van der Waals surface area contributed by atoms with Gasteiger partial charge in [-0.1, -0.05) is 42.0 Å². The summed E-state index contributed by atoms with van der Waals surface area (Å²) in [6.45, 7) is 3.53. The van der Waals surface area contributed by atoms with Crippen molar-refractivity contribution in [3.05, 3.63) is 84.4 Å². The first-order valence-corrected chi connectivity index (χ1v) is 9.61. The number of para-hydroxylation sites is 1. The van der Waals surface area contributed by atoms with Gasteiger partial charge in [0.05, 0.1) is 0 Å². The number of carbonyl (C=O) groups is 2. The number of rotatable bonds is 8. The molecule has 3 aromatic carbocycles. The Hall–Kier alpha value is -3.80. The molecule has 2 N–H and O–H groups in total. The van der Waals surface area contributed by atoms with E-state index in [4.69, 9.17) is 9.47 Å². The van der Waals surface area contributed by atoms with Gasteiger partial charge in [0, 0.05) is 17.4 Å². The van der Waals surface area contributed by atoms with Crippen LogP contribution < -0.4 is 20.1 Å². The van der Waals surface area contributed by atoms with Gasteiger partial charge in [-0.15, -0.1) is 0 Å². The molecule has 3 aromatic rings. The quantitative estimate of drug-likeness (QED) is 0.583. The normalized spacial score (nSPS) is 11.3. The molecule has 0 saturated heterocycles. The van der Waals surface area contributed by atoms with Gasteiger partial charge < -0.3 is 20.1 Å². The van der Waals surface area contributed by atoms with Crippen molar-refractivity contribution in [3.8, 4) is 11.5 Å². The molecule has 1 unspecified atom stereocenters. The standard InChI is InChI=1S/C24H24N2O4/c1-17-11-13-21(14-12-17)30-18(2)24(28)26-20-9-6-10-22(15-20)29-16-23(27)25-19-7-4-3-5-8-19/h3-15,18H,16H2,1-2H3,(H,25,27)(H,26,28). The predicted octanol–water partition coefficient (Wildman–Crippen LogP) is 4.42. The molecule has 0 aliphatic heterocycles. The van der Waals surface area contributed by atoms with Crippen LogP contribution in [0.4, 0.5) is 11.4 Å². The number of hydrogen-bond donors (Lipinski definition) is 2. The number of benzene rings is 3. The molecule has 0 aliphatic carbocycles. The Kier molecular flexibility index (Phi) is 7.05. The molecule has 3 rings (SSSR count). The van der Waals surface area contributed by atoms with E-state index >= 15 is 0 Å². The molecule has 0 saturated carbocycles. The lowest BCUT2D eigenvalue weighted by Crippen LogP contribution is -2.30. The third kappa shape index (κ3) is 6.38. The van der Waals surface area contributed by atoms with E-state index in [1.807, 2.05) is 49.4 Å². The second-order valence-corrected chi connectivity index (χ2v) is 6.79. The summed E-state index contributed by atoms with van der Waals surface area (Å²) < 4.78 is 11.2. The van der Waals surface area contributed by atoms with Crippen LogP contribution in [0.1, 0.15) is 12.5 Å². The summed E-state index contributed by atoms with van der Waals surface area (Å²) in [7, 11) is 0. The van der Waals surface area contributed by atoms with Crippen LogP contribution >= 0.6 is 0 Å². The van der Waals surface area contributed by atoms with E-state index < -0.39 is 6.10 Å². The summed E-state index contributed by atoms with van der Waals surface area (Å²) in [5.41, 5.74) is 2.38. The van der Waals surface area contributed by atoms with E-state index in [0.717, 1.165) is 5.56 Å². The van der Waals surface area contributed by atoms with Crippen LogP contribution in [0.5, 0.6) is 11.5 Å². The molecule has 6 heteroatoms. The second-order valence-electron chi connectivity index (χ2n) is 6.79. The van der Waals surface area contributed by atoms with E-state index in [9.17, 15) is 9.59 Å². The van der Waals surface area contributed by atoms with Crippen LogP contribution in [0.2, 0.25) is 0 Å². The van der Waals surface area contributed by atoms with E-state index in [2.05, 4.69) is 10.6 Å². The maximum Gasteiger partial charge on any atom is 0.265 e. The molecule has 6 nitrogen and oxygen atoms in total. The molecule has 0 aliphatic rings. The Morgan fingerprint density at radius 1 is 0.833 bits per heavy atom. The Balaban J connectivity index is 1.51. The van der Waals surface area contributed by atoms with Crippen LogP contribution in [0.15, 0.2) is 78.9 Å². The minimum Gasteiger partial charge on any atom is -0.484 e. The van der Waals surface area contributed by atoms with E-state index in [1.54, 1.807) is 43.3 Å². The van der Waals surface area contributed by atoms with Crippen molar-refractivity contribution in [2.45, 2.75) is 20.0 Å². The third-order valence-electron chi connectivity index (χ3n) is 4.23. The summed E-state index contributed by atoms with van der Waals surface area (Å²) in [5.74, 6) is 0.554. The minimum atomic E-state index is -0.672. The number of ether oxygens (including phenoxy) is 2. The third-order valence-corrected chi connectivity index (χ3v) is 4.23. The molecule has 0 radical (unpaired) electrons. The summed E-state index contributed by atoms with van der Waals surface area (Å²) in [6.07, 6.45) is -0.672. The highest BCUT2D eigenvalue weighted by atomic mass is 16.5. The minimum absolute atomic E-state index is 0.140. The van der Waals surface area contributed by atoms with Crippen molar-refractivity contribution in [1.82, 2.24) is 0 Å². The number of carbonyl (C=O) groups excluding carboxylic acids is 2. The molecule has 0 aromatic heterocycles. The fourth-order valence-electron chi connectivity index (χ4n) is 2.65. The molecule has 30 heavy (non-hydrogen) atoms. The van der Waals surface area contributed by atoms with Gasteiger partial charge in [-0.25, -0.2) is 0 Å². The Labute approximate surface area is 175 Å². The lowest BCUT2D eigenvalue weighted by Gasteiger charge is -2.15. The molecule has 0 spiro atoms. The number of anilines is 2. The van der Waals surface area contributed by atoms with Gasteiger partial charge in [0.1, 0.15) is 11.5 Å². The molecule has 1 atom stereocenters. The average molecular weight is 404 g/mol. The largest absolute Gasteiger partial charge is 0.484 e. The van der Waals surface area contributed by atoms with Gasteiger partial charge in [-0.3, -0.25) is 9.59 Å². The first-order valence-electron chi connectivity index (χ1n) is 9.61. The second kappa shape index (κ2) is 10.1. The molecule has 0 heterocycles. The van der Waals surface area contributed by atoms with Crippen molar-refractivity contribution in [2.75, 3.05) is 17.2 Å². The molecule has 0 fully saturated rings. The van der Waals surface area contributed by atoms with Gasteiger partial charge >= 0.3 is 0 Å². The number of nitrogens with one attached hydrogen (secondary N) is 2. The Morgan fingerprint density at radius 2 is 1.53 bits per heavy atom. The van der Waals surface area contributed by atoms with E-state index in [1.165, 1.54) is 0 Å². The number of hydrogen-bond acceptors (Lipinski definition) is 4. The average Bonchev–Trinajstić information content (AvgIpc) is 2.75. The maximum atomic E-state index is 12.4. The predicted molar refractivity (Wildman–Crippen MR) is 117 cm³/mol. The van der Waals surface area contributed by atoms with Crippen LogP contribution in [0, 0.1) is 6.92 Å². The number of aryl methyl sites for hydroxylation is 1. The van der Waals surface area contributed by atoms with Crippen molar-refractivity contribution < 1.29 is 19.1 Å². The van der Waals surface area contributed by atoms with E-state index in [0.29, 0.717) is 22.9 Å². The highest BCUT2D eigenvalue weighted by Crippen LogP contribution is 2.19. The van der Waals surface area contributed by atoms with Gasteiger partial charge in [0.15, 0.2) is 12.7 Å². The molecular weight excluding hydrogens is 380 g/mol. The van der Waals surface area contributed by atoms with Crippen LogP contribution in [0.25, 0.3) is 0 Å². The van der Waals surface area contributed by atoms with Crippen LogP contribution in [0.3, 0.4) is 0 Å². The lowest BCUT2D eigenvalue weighted by molar-refractivity contribution is -0.122. The molecule has 154 valence electrons. The van der Waals surface area contributed by atoms with Crippen molar-refractivity contribution in [3.63, 3.8) is 0 Å². The molecule has 2 amide bonds. The maximum absolute atomic E-state index is 12.4. The first-order chi connectivity index (χ1) is 14.5. The zero-order chi connectivity index (χ0) is 21.3. The highest BCUT2D eigenvalue weighted by Gasteiger charge is 2.15. The van der Waals surface area contributed by atoms with Crippen molar-refractivity contribution in [1.29, 1.82) is 0 Å². The van der Waals surface area contributed by atoms with Gasteiger partial charge in [-0.05, 0) is 50.2 Å². The van der Waals surface area contributed by atoms with Crippen LogP contribution in [-0.4, -0.2) is 24.5 Å². The van der Waals surface area contributed by atoms with E-state index in [-0.39, 0.29) is 18.4 Å². The summed E-state index contributed by atoms with van der Waals surface area (Å²) in [6, 6.07) is 23.5. The zero-order valence-electron chi connectivity index (χ0n) is 16.9.